The number of halogens is 4. The first-order valence-electron chi connectivity index (χ1n) is 6.61. The summed E-state index contributed by atoms with van der Waals surface area (Å²) < 4.78 is 56.2. The molecule has 4 nitrogen and oxygen atoms in total. The van der Waals surface area contributed by atoms with E-state index in [-0.39, 0.29) is 17.6 Å². The van der Waals surface area contributed by atoms with Gasteiger partial charge in [-0.1, -0.05) is 13.8 Å². The molecule has 2 N–H and O–H groups in total. The third kappa shape index (κ3) is 3.10. The SMILES string of the molecule is CC1(C)CC(C(N)=O)N(c2ccc(F)c(F)c2OC(F)F)C1. The van der Waals surface area contributed by atoms with Crippen molar-refractivity contribution in [1.29, 1.82) is 0 Å². The van der Waals surface area contributed by atoms with Crippen molar-refractivity contribution >= 4 is 11.6 Å². The maximum Gasteiger partial charge on any atom is 0.387 e. The first-order chi connectivity index (χ1) is 10.1. The molecular formula is C14H16F4N2O2. The number of primary amides is 1. The molecule has 1 saturated heterocycles. The molecule has 1 heterocycles. The van der Waals surface area contributed by atoms with E-state index < -0.39 is 35.9 Å². The van der Waals surface area contributed by atoms with Crippen LogP contribution in [0.15, 0.2) is 12.1 Å². The van der Waals surface area contributed by atoms with E-state index in [4.69, 9.17) is 5.73 Å². The number of benzene rings is 1. The number of nitrogens with two attached hydrogens (primary N) is 1. The molecule has 1 unspecified atom stereocenters. The van der Waals surface area contributed by atoms with Crippen molar-refractivity contribution in [2.75, 3.05) is 11.4 Å². The van der Waals surface area contributed by atoms with Gasteiger partial charge in [-0.05, 0) is 24.0 Å². The van der Waals surface area contributed by atoms with Crippen LogP contribution in [0.3, 0.4) is 0 Å². The van der Waals surface area contributed by atoms with Crippen LogP contribution in [0, 0.1) is 17.0 Å². The Morgan fingerprint density at radius 3 is 2.59 bits per heavy atom. The van der Waals surface area contributed by atoms with E-state index in [2.05, 4.69) is 4.74 Å². The molecule has 0 radical (unpaired) electrons. The molecule has 122 valence electrons. The molecule has 0 aromatic heterocycles. The van der Waals surface area contributed by atoms with Crippen LogP contribution in [0.1, 0.15) is 20.3 Å². The number of anilines is 1. The van der Waals surface area contributed by atoms with Gasteiger partial charge in [0.1, 0.15) is 6.04 Å². The highest BCUT2D eigenvalue weighted by atomic mass is 19.3. The normalized spacial score (nSPS) is 20.5. The standard InChI is InChI=1S/C14H16F4N2O2/c1-14(2)5-9(12(19)21)20(6-14)8-4-3-7(15)10(16)11(8)22-13(17)18/h3-4,9,13H,5-6H2,1-2H3,(H2,19,21). The summed E-state index contributed by atoms with van der Waals surface area (Å²) in [7, 11) is 0. The maximum absolute atomic E-state index is 13.8. The molecule has 0 saturated carbocycles. The minimum atomic E-state index is -3.32. The number of carbonyl (C=O) groups excluding carboxylic acids is 1. The summed E-state index contributed by atoms with van der Waals surface area (Å²) in [5, 5.41) is 0. The number of nitrogens with zero attached hydrogens (tertiary/aromatic N) is 1. The van der Waals surface area contributed by atoms with E-state index in [1.165, 1.54) is 4.90 Å². The summed E-state index contributed by atoms with van der Waals surface area (Å²) >= 11 is 0. The highest BCUT2D eigenvalue weighted by Crippen LogP contribution is 2.42. The van der Waals surface area contributed by atoms with Crippen LogP contribution in [0.5, 0.6) is 5.75 Å². The summed E-state index contributed by atoms with van der Waals surface area (Å²) in [6, 6.07) is 1.10. The maximum atomic E-state index is 13.8. The smallest absolute Gasteiger partial charge is 0.387 e. The van der Waals surface area contributed by atoms with E-state index in [1.54, 1.807) is 0 Å². The predicted octanol–water partition coefficient (Wildman–Crippen LogP) is 2.66. The zero-order chi connectivity index (χ0) is 16.7. The van der Waals surface area contributed by atoms with Gasteiger partial charge in [0, 0.05) is 6.54 Å². The average molecular weight is 320 g/mol. The second kappa shape index (κ2) is 5.66. The number of amides is 1. The molecule has 0 aliphatic carbocycles. The Morgan fingerprint density at radius 1 is 1.41 bits per heavy atom. The quantitative estimate of drug-likeness (QED) is 0.868. The molecule has 1 aromatic carbocycles. The Kier molecular flexibility index (Phi) is 4.21. The molecule has 1 aromatic rings. The molecule has 0 bridgehead atoms. The Hall–Kier alpha value is -1.99. The fourth-order valence-corrected chi connectivity index (χ4v) is 2.73. The van der Waals surface area contributed by atoms with Gasteiger partial charge in [0.25, 0.3) is 0 Å². The van der Waals surface area contributed by atoms with Gasteiger partial charge < -0.3 is 15.4 Å². The zero-order valence-electron chi connectivity index (χ0n) is 12.1. The summed E-state index contributed by atoms with van der Waals surface area (Å²) in [4.78, 5) is 13.0. The Bertz CT molecular complexity index is 592. The number of rotatable bonds is 4. The summed E-state index contributed by atoms with van der Waals surface area (Å²) in [5.41, 5.74) is 4.87. The van der Waals surface area contributed by atoms with Crippen molar-refractivity contribution in [3.63, 3.8) is 0 Å². The van der Waals surface area contributed by atoms with Gasteiger partial charge in [0.15, 0.2) is 11.6 Å². The third-order valence-electron chi connectivity index (χ3n) is 3.59. The van der Waals surface area contributed by atoms with Crippen molar-refractivity contribution < 1.29 is 27.1 Å². The van der Waals surface area contributed by atoms with Crippen LogP contribution < -0.4 is 15.4 Å². The fourth-order valence-electron chi connectivity index (χ4n) is 2.73. The van der Waals surface area contributed by atoms with E-state index >= 15 is 0 Å². The second-order valence-corrected chi connectivity index (χ2v) is 6.00. The lowest BCUT2D eigenvalue weighted by atomic mass is 9.90. The number of carbonyl (C=O) groups is 1. The lowest BCUT2D eigenvalue weighted by molar-refractivity contribution is -0.119. The first-order valence-corrected chi connectivity index (χ1v) is 6.61. The van der Waals surface area contributed by atoms with Crippen molar-refractivity contribution in [3.05, 3.63) is 23.8 Å². The lowest BCUT2D eigenvalue weighted by Crippen LogP contribution is -2.40. The number of hydrogen-bond acceptors (Lipinski definition) is 3. The van der Waals surface area contributed by atoms with Crippen LogP contribution in [-0.4, -0.2) is 25.1 Å². The summed E-state index contributed by atoms with van der Waals surface area (Å²) in [5.74, 6) is -4.42. The first kappa shape index (κ1) is 16.4. The van der Waals surface area contributed by atoms with Crippen LogP contribution in [-0.2, 0) is 4.79 Å². The van der Waals surface area contributed by atoms with E-state index in [0.717, 1.165) is 12.1 Å². The molecule has 8 heteroatoms. The van der Waals surface area contributed by atoms with Crippen LogP contribution in [0.2, 0.25) is 0 Å². The molecular weight excluding hydrogens is 304 g/mol. The molecule has 1 fully saturated rings. The molecule has 1 amide bonds. The zero-order valence-corrected chi connectivity index (χ0v) is 12.1. The van der Waals surface area contributed by atoms with Gasteiger partial charge >= 0.3 is 6.61 Å². The Labute approximate surface area is 124 Å². The van der Waals surface area contributed by atoms with Gasteiger partial charge in [-0.15, -0.1) is 0 Å². The molecule has 0 spiro atoms. The Morgan fingerprint density at radius 2 is 2.05 bits per heavy atom. The average Bonchev–Trinajstić information content (AvgIpc) is 2.71. The van der Waals surface area contributed by atoms with Crippen molar-refractivity contribution in [2.24, 2.45) is 11.1 Å². The lowest BCUT2D eigenvalue weighted by Gasteiger charge is -2.27. The van der Waals surface area contributed by atoms with Gasteiger partial charge in [-0.2, -0.15) is 13.2 Å². The predicted molar refractivity (Wildman–Crippen MR) is 71.7 cm³/mol. The van der Waals surface area contributed by atoms with Crippen LogP contribution in [0.4, 0.5) is 23.2 Å². The van der Waals surface area contributed by atoms with Crippen molar-refractivity contribution in [2.45, 2.75) is 32.9 Å². The van der Waals surface area contributed by atoms with E-state index in [1.807, 2.05) is 13.8 Å². The number of hydrogen-bond donors (Lipinski definition) is 1. The summed E-state index contributed by atoms with van der Waals surface area (Å²) in [6.07, 6.45) is 0.370. The van der Waals surface area contributed by atoms with Gasteiger partial charge in [-0.25, -0.2) is 4.39 Å². The van der Waals surface area contributed by atoms with E-state index in [9.17, 15) is 22.4 Å². The number of ether oxygens (including phenoxy) is 1. The highest BCUT2D eigenvalue weighted by Gasteiger charge is 2.42. The molecule has 1 aliphatic heterocycles. The topological polar surface area (TPSA) is 55.6 Å². The van der Waals surface area contributed by atoms with E-state index in [0.29, 0.717) is 6.42 Å². The van der Waals surface area contributed by atoms with Gasteiger partial charge in [-0.3, -0.25) is 4.79 Å². The van der Waals surface area contributed by atoms with Crippen LogP contribution >= 0.6 is 0 Å². The van der Waals surface area contributed by atoms with Gasteiger partial charge in [0.2, 0.25) is 11.7 Å². The number of alkyl halides is 2. The third-order valence-corrected chi connectivity index (χ3v) is 3.59. The summed E-state index contributed by atoms with van der Waals surface area (Å²) in [6.45, 7) is 0.663. The monoisotopic (exact) mass is 320 g/mol. The fraction of sp³-hybridized carbons (Fsp3) is 0.500. The molecule has 2 rings (SSSR count). The largest absolute Gasteiger partial charge is 0.429 e. The highest BCUT2D eigenvalue weighted by molar-refractivity contribution is 5.85. The molecule has 1 atom stereocenters. The van der Waals surface area contributed by atoms with Crippen molar-refractivity contribution in [3.8, 4) is 5.75 Å². The van der Waals surface area contributed by atoms with Crippen molar-refractivity contribution in [1.82, 2.24) is 0 Å². The second-order valence-electron chi connectivity index (χ2n) is 6.00. The molecule has 22 heavy (non-hydrogen) atoms. The van der Waals surface area contributed by atoms with Crippen LogP contribution in [0.25, 0.3) is 0 Å². The minimum absolute atomic E-state index is 0.117. The minimum Gasteiger partial charge on any atom is -0.429 e. The van der Waals surface area contributed by atoms with Gasteiger partial charge in [0.05, 0.1) is 5.69 Å². The molecule has 1 aliphatic rings. The Balaban J connectivity index is 2.51.